The molecule has 6 heteroatoms. The van der Waals surface area contributed by atoms with Gasteiger partial charge in [-0.25, -0.2) is 4.79 Å². The van der Waals surface area contributed by atoms with Gasteiger partial charge in [-0.3, -0.25) is 5.32 Å². The molecule has 5 nitrogen and oxygen atoms in total. The number of rotatable bonds is 2. The molecule has 0 saturated carbocycles. The van der Waals surface area contributed by atoms with Gasteiger partial charge in [0, 0.05) is 10.0 Å². The first-order valence-corrected chi connectivity index (χ1v) is 6.14. The molecule has 0 unspecified atom stereocenters. The van der Waals surface area contributed by atoms with E-state index in [0.717, 1.165) is 4.47 Å². The molecule has 0 fully saturated rings. The number of hydrazone groups is 1. The number of nitrogens with zero attached hydrogens (tertiary/aromatic N) is 1. The standard InChI is InChI=1S/C12H16BrN3O2/c1-12(2,3)18-11(17)16-10-5-4-9(13)6-8(10)7-15-14/h4-7H,14H2,1-3H3,(H,16,17). The fraction of sp³-hybridized carbons (Fsp3) is 0.333. The van der Waals surface area contributed by atoms with Crippen LogP contribution in [-0.4, -0.2) is 17.9 Å². The lowest BCUT2D eigenvalue weighted by molar-refractivity contribution is 0.0636. The molecule has 1 aromatic carbocycles. The molecular formula is C12H16BrN3O2. The Labute approximate surface area is 115 Å². The van der Waals surface area contributed by atoms with Gasteiger partial charge in [-0.15, -0.1) is 0 Å². The van der Waals surface area contributed by atoms with Crippen LogP contribution < -0.4 is 11.2 Å². The van der Waals surface area contributed by atoms with Gasteiger partial charge in [0.05, 0.1) is 11.9 Å². The summed E-state index contributed by atoms with van der Waals surface area (Å²) in [5.41, 5.74) is 0.737. The summed E-state index contributed by atoms with van der Waals surface area (Å²) in [6.45, 7) is 5.41. The van der Waals surface area contributed by atoms with Crippen molar-refractivity contribution in [3.05, 3.63) is 28.2 Å². The van der Waals surface area contributed by atoms with Gasteiger partial charge in [0.2, 0.25) is 0 Å². The first kappa shape index (κ1) is 14.5. The Kier molecular flexibility index (Phi) is 4.72. The maximum absolute atomic E-state index is 11.6. The molecule has 3 N–H and O–H groups in total. The Morgan fingerprint density at radius 1 is 1.50 bits per heavy atom. The van der Waals surface area contributed by atoms with Crippen LogP contribution in [0, 0.1) is 0 Å². The molecule has 0 atom stereocenters. The summed E-state index contributed by atoms with van der Waals surface area (Å²) in [5, 5.41) is 6.10. The predicted octanol–water partition coefficient (Wildman–Crippen LogP) is 3.09. The van der Waals surface area contributed by atoms with Gasteiger partial charge >= 0.3 is 6.09 Å². The van der Waals surface area contributed by atoms with E-state index >= 15 is 0 Å². The van der Waals surface area contributed by atoms with Crippen molar-refractivity contribution in [1.29, 1.82) is 0 Å². The molecule has 0 bridgehead atoms. The second-order valence-corrected chi connectivity index (χ2v) is 5.55. The van der Waals surface area contributed by atoms with Crippen molar-refractivity contribution in [2.24, 2.45) is 10.9 Å². The van der Waals surface area contributed by atoms with Crippen LogP contribution >= 0.6 is 15.9 Å². The highest BCUT2D eigenvalue weighted by atomic mass is 79.9. The van der Waals surface area contributed by atoms with Crippen LogP contribution in [0.4, 0.5) is 10.5 Å². The molecule has 0 spiro atoms. The van der Waals surface area contributed by atoms with Crippen LogP contribution in [0.3, 0.4) is 0 Å². The molecule has 98 valence electrons. The number of carbonyl (C=O) groups excluding carboxylic acids is 1. The van der Waals surface area contributed by atoms with Crippen molar-refractivity contribution in [3.8, 4) is 0 Å². The van der Waals surface area contributed by atoms with Gasteiger partial charge in [-0.05, 0) is 39.0 Å². The zero-order valence-corrected chi connectivity index (χ0v) is 12.1. The summed E-state index contributed by atoms with van der Waals surface area (Å²) in [6.07, 6.45) is 0.939. The summed E-state index contributed by atoms with van der Waals surface area (Å²) in [6, 6.07) is 5.34. The van der Waals surface area contributed by atoms with E-state index in [1.54, 1.807) is 39.0 Å². The average molecular weight is 314 g/mol. The number of nitrogens with one attached hydrogen (secondary N) is 1. The van der Waals surface area contributed by atoms with Crippen LogP contribution in [0.15, 0.2) is 27.8 Å². The maximum atomic E-state index is 11.6. The number of hydrogen-bond donors (Lipinski definition) is 2. The Hall–Kier alpha value is -1.56. The molecule has 18 heavy (non-hydrogen) atoms. The zero-order valence-electron chi connectivity index (χ0n) is 10.5. The van der Waals surface area contributed by atoms with Gasteiger partial charge in [-0.2, -0.15) is 5.10 Å². The molecule has 1 amide bonds. The van der Waals surface area contributed by atoms with Gasteiger partial charge in [0.15, 0.2) is 0 Å². The van der Waals surface area contributed by atoms with Gasteiger partial charge in [0.25, 0.3) is 0 Å². The number of ether oxygens (including phenoxy) is 1. The summed E-state index contributed by atoms with van der Waals surface area (Å²) in [5.74, 6) is 5.12. The highest BCUT2D eigenvalue weighted by Crippen LogP contribution is 2.20. The van der Waals surface area contributed by atoms with Crippen molar-refractivity contribution in [2.75, 3.05) is 5.32 Å². The van der Waals surface area contributed by atoms with E-state index in [1.165, 1.54) is 6.21 Å². The lowest BCUT2D eigenvalue weighted by atomic mass is 10.2. The molecule has 0 heterocycles. The summed E-state index contributed by atoms with van der Waals surface area (Å²) < 4.78 is 6.04. The van der Waals surface area contributed by atoms with E-state index < -0.39 is 11.7 Å². The van der Waals surface area contributed by atoms with Gasteiger partial charge in [0.1, 0.15) is 5.60 Å². The summed E-state index contributed by atoms with van der Waals surface area (Å²) in [4.78, 5) is 11.6. The minimum Gasteiger partial charge on any atom is -0.444 e. The van der Waals surface area contributed by atoms with Crippen LogP contribution in [0.1, 0.15) is 26.3 Å². The van der Waals surface area contributed by atoms with Crippen LogP contribution in [-0.2, 0) is 4.74 Å². The monoisotopic (exact) mass is 313 g/mol. The van der Waals surface area contributed by atoms with Gasteiger partial charge in [-0.1, -0.05) is 15.9 Å². The quantitative estimate of drug-likeness (QED) is 0.500. The zero-order chi connectivity index (χ0) is 13.8. The number of halogens is 1. The average Bonchev–Trinajstić information content (AvgIpc) is 2.20. The number of amides is 1. The molecule has 1 aromatic rings. The topological polar surface area (TPSA) is 76.7 Å². The number of carbonyl (C=O) groups is 1. The van der Waals surface area contributed by atoms with Crippen LogP contribution in [0.2, 0.25) is 0 Å². The number of nitrogens with two attached hydrogens (primary N) is 1. The third-order valence-corrected chi connectivity index (χ3v) is 2.36. The maximum Gasteiger partial charge on any atom is 0.412 e. The Bertz CT molecular complexity index is 467. The number of benzene rings is 1. The number of hydrogen-bond acceptors (Lipinski definition) is 4. The fourth-order valence-corrected chi connectivity index (χ4v) is 1.63. The summed E-state index contributed by atoms with van der Waals surface area (Å²) in [7, 11) is 0. The van der Waals surface area contributed by atoms with E-state index in [1.807, 2.05) is 0 Å². The predicted molar refractivity (Wildman–Crippen MR) is 75.8 cm³/mol. The van der Waals surface area contributed by atoms with Crippen molar-refractivity contribution >= 4 is 33.9 Å². The van der Waals surface area contributed by atoms with E-state index in [9.17, 15) is 4.79 Å². The first-order valence-electron chi connectivity index (χ1n) is 5.34. The lowest BCUT2D eigenvalue weighted by Gasteiger charge is -2.20. The minimum absolute atomic E-state index is 0.517. The smallest absolute Gasteiger partial charge is 0.412 e. The second-order valence-electron chi connectivity index (χ2n) is 4.64. The van der Waals surface area contributed by atoms with E-state index in [2.05, 4.69) is 26.3 Å². The molecule has 0 aromatic heterocycles. The van der Waals surface area contributed by atoms with E-state index in [4.69, 9.17) is 10.6 Å². The highest BCUT2D eigenvalue weighted by molar-refractivity contribution is 9.10. The first-order chi connectivity index (χ1) is 8.31. The van der Waals surface area contributed by atoms with Crippen molar-refractivity contribution in [2.45, 2.75) is 26.4 Å². The Balaban J connectivity index is 2.87. The van der Waals surface area contributed by atoms with Crippen LogP contribution in [0.25, 0.3) is 0 Å². The number of anilines is 1. The van der Waals surface area contributed by atoms with Crippen molar-refractivity contribution in [1.82, 2.24) is 0 Å². The SMILES string of the molecule is CC(C)(C)OC(=O)Nc1ccc(Br)cc1C=NN. The fourth-order valence-electron chi connectivity index (χ4n) is 1.25. The normalized spacial score (nSPS) is 11.6. The molecule has 0 aliphatic rings. The van der Waals surface area contributed by atoms with Crippen LogP contribution in [0.5, 0.6) is 0 Å². The molecule has 0 radical (unpaired) electrons. The van der Waals surface area contributed by atoms with Crippen molar-refractivity contribution in [3.63, 3.8) is 0 Å². The Morgan fingerprint density at radius 3 is 2.72 bits per heavy atom. The second kappa shape index (κ2) is 5.86. The molecule has 1 rings (SSSR count). The molecular weight excluding hydrogens is 298 g/mol. The third kappa shape index (κ3) is 4.75. The summed E-state index contributed by atoms with van der Waals surface area (Å²) >= 11 is 3.33. The van der Waals surface area contributed by atoms with Crippen molar-refractivity contribution < 1.29 is 9.53 Å². The molecule has 0 aliphatic carbocycles. The highest BCUT2D eigenvalue weighted by Gasteiger charge is 2.16. The van der Waals surface area contributed by atoms with Gasteiger partial charge < -0.3 is 10.6 Å². The van der Waals surface area contributed by atoms with E-state index in [-0.39, 0.29) is 0 Å². The lowest BCUT2D eigenvalue weighted by Crippen LogP contribution is -2.27. The third-order valence-electron chi connectivity index (χ3n) is 1.86. The molecule has 0 aliphatic heterocycles. The van der Waals surface area contributed by atoms with E-state index in [0.29, 0.717) is 11.3 Å². The minimum atomic E-state index is -0.540. The largest absolute Gasteiger partial charge is 0.444 e. The Morgan fingerprint density at radius 2 is 2.17 bits per heavy atom. The molecule has 0 saturated heterocycles.